The molecule has 1 atom stereocenters. The smallest absolute Gasteiger partial charge is 0.136 e. The largest absolute Gasteiger partial charge is 0.395 e. The maximum absolute atomic E-state index is 10.5. The standard InChI is InChI=1S/C9H18N2O2/c1-9(8-13)11-4-2-10(3-5-11)6-7-12/h8-9,12H,2-7H2,1H3. The molecule has 1 fully saturated rings. The van der Waals surface area contributed by atoms with Crippen LogP contribution in [0, 0.1) is 0 Å². The minimum atomic E-state index is 0.0382. The molecular formula is C9H18N2O2. The summed E-state index contributed by atoms with van der Waals surface area (Å²) in [6.45, 7) is 6.68. The van der Waals surface area contributed by atoms with Crippen LogP contribution in [-0.2, 0) is 4.79 Å². The molecule has 1 aliphatic rings. The van der Waals surface area contributed by atoms with Crippen LogP contribution >= 0.6 is 0 Å². The maximum atomic E-state index is 10.5. The van der Waals surface area contributed by atoms with Crippen molar-refractivity contribution in [3.8, 4) is 0 Å². The molecule has 0 spiro atoms. The lowest BCUT2D eigenvalue weighted by molar-refractivity contribution is -0.112. The molecule has 4 heteroatoms. The monoisotopic (exact) mass is 186 g/mol. The van der Waals surface area contributed by atoms with E-state index in [0.717, 1.165) is 39.0 Å². The fourth-order valence-electron chi connectivity index (χ4n) is 1.62. The van der Waals surface area contributed by atoms with Crippen molar-refractivity contribution in [3.63, 3.8) is 0 Å². The van der Waals surface area contributed by atoms with Crippen molar-refractivity contribution in [1.82, 2.24) is 9.80 Å². The van der Waals surface area contributed by atoms with Crippen molar-refractivity contribution in [2.45, 2.75) is 13.0 Å². The number of hydrogen-bond donors (Lipinski definition) is 1. The number of β-amino-alcohol motifs (C(OH)–C–C–N with tert-alkyl or cyclic N) is 1. The zero-order valence-corrected chi connectivity index (χ0v) is 8.15. The van der Waals surface area contributed by atoms with E-state index in [4.69, 9.17) is 5.11 Å². The Morgan fingerprint density at radius 3 is 2.46 bits per heavy atom. The van der Waals surface area contributed by atoms with Crippen LogP contribution in [0.3, 0.4) is 0 Å². The molecule has 0 aromatic heterocycles. The van der Waals surface area contributed by atoms with E-state index in [2.05, 4.69) is 9.80 Å². The van der Waals surface area contributed by atoms with Crippen LogP contribution in [-0.4, -0.2) is 66.6 Å². The topological polar surface area (TPSA) is 43.8 Å². The molecule has 1 saturated heterocycles. The number of carbonyl (C=O) groups is 1. The third kappa shape index (κ3) is 3.06. The van der Waals surface area contributed by atoms with Gasteiger partial charge < -0.3 is 9.90 Å². The molecule has 13 heavy (non-hydrogen) atoms. The third-order valence-electron chi connectivity index (χ3n) is 2.60. The first-order chi connectivity index (χ1) is 6.27. The van der Waals surface area contributed by atoms with Crippen LogP contribution in [0.5, 0.6) is 0 Å². The van der Waals surface area contributed by atoms with Crippen LogP contribution in [0.1, 0.15) is 6.92 Å². The molecule has 0 aliphatic carbocycles. The highest BCUT2D eigenvalue weighted by atomic mass is 16.3. The summed E-state index contributed by atoms with van der Waals surface area (Å²) in [5, 5.41) is 8.73. The van der Waals surface area contributed by atoms with Gasteiger partial charge >= 0.3 is 0 Å². The molecular weight excluding hydrogens is 168 g/mol. The van der Waals surface area contributed by atoms with Crippen LogP contribution in [0.25, 0.3) is 0 Å². The molecule has 1 heterocycles. The highest BCUT2D eigenvalue weighted by Crippen LogP contribution is 2.03. The molecule has 0 radical (unpaired) electrons. The number of aliphatic hydroxyl groups excluding tert-OH is 1. The van der Waals surface area contributed by atoms with Crippen molar-refractivity contribution in [3.05, 3.63) is 0 Å². The minimum absolute atomic E-state index is 0.0382. The highest BCUT2D eigenvalue weighted by Gasteiger charge is 2.19. The Labute approximate surface area is 79.1 Å². The number of carbonyl (C=O) groups excluding carboxylic acids is 1. The highest BCUT2D eigenvalue weighted by molar-refractivity contribution is 5.56. The number of rotatable bonds is 4. The second kappa shape index (κ2) is 5.32. The van der Waals surface area contributed by atoms with Gasteiger partial charge in [-0.05, 0) is 6.92 Å². The molecule has 0 bridgehead atoms. The van der Waals surface area contributed by atoms with Crippen molar-refractivity contribution in [2.75, 3.05) is 39.3 Å². The molecule has 4 nitrogen and oxygen atoms in total. The van der Waals surface area contributed by atoms with Gasteiger partial charge in [-0.1, -0.05) is 0 Å². The van der Waals surface area contributed by atoms with E-state index in [9.17, 15) is 4.79 Å². The van der Waals surface area contributed by atoms with Gasteiger partial charge in [0.15, 0.2) is 0 Å². The van der Waals surface area contributed by atoms with Gasteiger partial charge in [-0.3, -0.25) is 9.80 Å². The van der Waals surface area contributed by atoms with Gasteiger partial charge in [0.2, 0.25) is 0 Å². The quantitative estimate of drug-likeness (QED) is 0.583. The average molecular weight is 186 g/mol. The normalized spacial score (nSPS) is 22.9. The molecule has 1 unspecified atom stereocenters. The van der Waals surface area contributed by atoms with Crippen LogP contribution in [0.15, 0.2) is 0 Å². The van der Waals surface area contributed by atoms with Crippen LogP contribution in [0.2, 0.25) is 0 Å². The molecule has 1 aliphatic heterocycles. The minimum Gasteiger partial charge on any atom is -0.395 e. The third-order valence-corrected chi connectivity index (χ3v) is 2.60. The van der Waals surface area contributed by atoms with E-state index in [-0.39, 0.29) is 12.6 Å². The van der Waals surface area contributed by atoms with Crippen molar-refractivity contribution in [1.29, 1.82) is 0 Å². The van der Waals surface area contributed by atoms with Gasteiger partial charge in [0.25, 0.3) is 0 Å². The van der Waals surface area contributed by atoms with Crippen LogP contribution in [0.4, 0.5) is 0 Å². The fourth-order valence-corrected chi connectivity index (χ4v) is 1.62. The van der Waals surface area contributed by atoms with Gasteiger partial charge in [-0.25, -0.2) is 0 Å². The second-order valence-corrected chi connectivity index (χ2v) is 3.48. The van der Waals surface area contributed by atoms with Crippen molar-refractivity contribution in [2.24, 2.45) is 0 Å². The Morgan fingerprint density at radius 1 is 1.38 bits per heavy atom. The molecule has 1 N–H and O–H groups in total. The lowest BCUT2D eigenvalue weighted by Crippen LogP contribution is -2.50. The first-order valence-corrected chi connectivity index (χ1v) is 4.80. The summed E-state index contributed by atoms with van der Waals surface area (Å²) in [5.41, 5.74) is 0. The number of piperazine rings is 1. The average Bonchev–Trinajstić information content (AvgIpc) is 2.18. The Balaban J connectivity index is 2.26. The zero-order valence-electron chi connectivity index (χ0n) is 8.15. The van der Waals surface area contributed by atoms with Crippen LogP contribution < -0.4 is 0 Å². The lowest BCUT2D eigenvalue weighted by atomic mass is 10.2. The van der Waals surface area contributed by atoms with Gasteiger partial charge in [0.05, 0.1) is 12.6 Å². The summed E-state index contributed by atoms with van der Waals surface area (Å²) < 4.78 is 0. The zero-order chi connectivity index (χ0) is 9.68. The lowest BCUT2D eigenvalue weighted by Gasteiger charge is -2.35. The molecule has 76 valence electrons. The summed E-state index contributed by atoms with van der Waals surface area (Å²) in [7, 11) is 0. The van der Waals surface area contributed by atoms with Gasteiger partial charge in [-0.15, -0.1) is 0 Å². The predicted octanol–water partition coefficient (Wildman–Crippen LogP) is -0.816. The van der Waals surface area contributed by atoms with Gasteiger partial charge in [-0.2, -0.15) is 0 Å². The summed E-state index contributed by atoms with van der Waals surface area (Å²) in [6, 6.07) is 0.0382. The van der Waals surface area contributed by atoms with E-state index in [1.807, 2.05) is 6.92 Å². The Kier molecular flexibility index (Phi) is 4.35. The van der Waals surface area contributed by atoms with E-state index in [1.165, 1.54) is 0 Å². The predicted molar refractivity (Wildman–Crippen MR) is 50.6 cm³/mol. The Hall–Kier alpha value is -0.450. The van der Waals surface area contributed by atoms with Gasteiger partial charge in [0, 0.05) is 32.7 Å². The summed E-state index contributed by atoms with van der Waals surface area (Å²) >= 11 is 0. The van der Waals surface area contributed by atoms with E-state index in [1.54, 1.807) is 0 Å². The number of aldehydes is 1. The number of hydrogen-bond acceptors (Lipinski definition) is 4. The van der Waals surface area contributed by atoms with E-state index >= 15 is 0 Å². The molecule has 0 aromatic rings. The second-order valence-electron chi connectivity index (χ2n) is 3.48. The molecule has 0 saturated carbocycles. The fraction of sp³-hybridized carbons (Fsp3) is 0.889. The summed E-state index contributed by atoms with van der Waals surface area (Å²) in [5.74, 6) is 0. The van der Waals surface area contributed by atoms with E-state index in [0.29, 0.717) is 0 Å². The van der Waals surface area contributed by atoms with Crippen molar-refractivity contribution < 1.29 is 9.90 Å². The Bertz CT molecular complexity index is 156. The maximum Gasteiger partial charge on any atom is 0.136 e. The van der Waals surface area contributed by atoms with E-state index < -0.39 is 0 Å². The Morgan fingerprint density at radius 2 is 2.00 bits per heavy atom. The molecule has 0 aromatic carbocycles. The molecule has 0 amide bonds. The van der Waals surface area contributed by atoms with Crippen molar-refractivity contribution >= 4 is 6.29 Å². The first kappa shape index (κ1) is 10.6. The number of nitrogens with zero attached hydrogens (tertiary/aromatic N) is 2. The SMILES string of the molecule is CC(C=O)N1CCN(CCO)CC1. The summed E-state index contributed by atoms with van der Waals surface area (Å²) in [4.78, 5) is 14.9. The molecule has 1 rings (SSSR count). The van der Waals surface area contributed by atoms with Gasteiger partial charge in [0.1, 0.15) is 6.29 Å². The first-order valence-electron chi connectivity index (χ1n) is 4.80. The number of aliphatic hydroxyl groups is 1. The summed E-state index contributed by atoms with van der Waals surface area (Å²) in [6.07, 6.45) is 0.988.